The van der Waals surface area contributed by atoms with Crippen LogP contribution in [0.15, 0.2) is 24.3 Å². The molecule has 4 nitrogen and oxygen atoms in total. The van der Waals surface area contributed by atoms with Crippen LogP contribution in [0.5, 0.6) is 5.88 Å². The number of fused-ring (bicyclic) bond motifs is 1. The fraction of sp³-hybridized carbons (Fsp3) is 0.333. The van der Waals surface area contributed by atoms with E-state index in [2.05, 4.69) is 44.7 Å². The Morgan fingerprint density at radius 3 is 2.84 bits per heavy atom. The van der Waals surface area contributed by atoms with Crippen LogP contribution in [0.25, 0.3) is 10.9 Å². The fourth-order valence-corrected chi connectivity index (χ4v) is 4.06. The number of aromatic nitrogens is 1. The number of ether oxygens (including phenoxy) is 1. The van der Waals surface area contributed by atoms with Crippen molar-refractivity contribution in [1.82, 2.24) is 10.3 Å². The van der Waals surface area contributed by atoms with Gasteiger partial charge in [0.1, 0.15) is 5.54 Å². The Morgan fingerprint density at radius 2 is 2.24 bits per heavy atom. The third kappa shape index (κ3) is 4.72. The Kier molecular flexibility index (Phi) is 6.83. The highest BCUT2D eigenvalue weighted by Gasteiger charge is 2.36. The first-order valence-corrected chi connectivity index (χ1v) is 10.2. The van der Waals surface area contributed by atoms with Gasteiger partial charge in [0.25, 0.3) is 0 Å². The van der Waals surface area contributed by atoms with Gasteiger partial charge in [0, 0.05) is 12.3 Å². The third-order valence-corrected chi connectivity index (χ3v) is 5.52. The number of para-hydroxylation sites is 1. The lowest BCUT2D eigenvalue weighted by molar-refractivity contribution is -0.120. The molecule has 0 aliphatic heterocycles. The number of nitrogens with one attached hydrogen (secondary N) is 1. The molecule has 132 valence electrons. The molecule has 0 aliphatic rings. The van der Waals surface area contributed by atoms with Crippen LogP contribution >= 0.6 is 46.0 Å². The molecule has 25 heavy (non-hydrogen) atoms. The van der Waals surface area contributed by atoms with Crippen molar-refractivity contribution >= 4 is 62.8 Å². The van der Waals surface area contributed by atoms with Crippen LogP contribution in [0.3, 0.4) is 0 Å². The topological polar surface area (TPSA) is 51.2 Å². The fourth-order valence-electron chi connectivity index (χ4n) is 2.48. The van der Waals surface area contributed by atoms with Gasteiger partial charge in [-0.15, -0.1) is 17.7 Å². The highest BCUT2D eigenvalue weighted by molar-refractivity contribution is 14.1. The number of hydrogen-bond donors (Lipinski definition) is 1. The number of benzene rings is 1. The molecule has 1 amide bonds. The zero-order valence-electron chi connectivity index (χ0n) is 14.3. The molecule has 1 aromatic carbocycles. The second kappa shape index (κ2) is 8.47. The summed E-state index contributed by atoms with van der Waals surface area (Å²) in [4.78, 5) is 16.2. The van der Waals surface area contributed by atoms with E-state index >= 15 is 0 Å². The number of nitrogens with zero attached hydrogens (tertiary/aromatic N) is 1. The van der Waals surface area contributed by atoms with Gasteiger partial charge in [0.05, 0.1) is 14.1 Å². The van der Waals surface area contributed by atoms with Crippen LogP contribution < -0.4 is 10.1 Å². The quantitative estimate of drug-likeness (QED) is 0.383. The average Bonchev–Trinajstić information content (AvgIpc) is 2.52. The lowest BCUT2D eigenvalue weighted by Gasteiger charge is -2.32. The average molecular weight is 489 g/mol. The molecule has 1 aromatic heterocycles. The molecule has 2 aromatic rings. The van der Waals surface area contributed by atoms with Crippen LogP contribution in [0.2, 0.25) is 5.02 Å². The highest BCUT2D eigenvalue weighted by Crippen LogP contribution is 2.31. The monoisotopic (exact) mass is 488 g/mol. The Hall–Kier alpha value is -1.17. The molecule has 2 atom stereocenters. The van der Waals surface area contributed by atoms with E-state index in [1.165, 1.54) is 18.7 Å². The Labute approximate surface area is 170 Å². The number of halogens is 2. The first-order valence-electron chi connectivity index (χ1n) is 7.47. The molecule has 0 bridgehead atoms. The largest absolute Gasteiger partial charge is 0.459 e. The van der Waals surface area contributed by atoms with Gasteiger partial charge >= 0.3 is 0 Å². The van der Waals surface area contributed by atoms with Gasteiger partial charge in [0.2, 0.25) is 11.8 Å². The van der Waals surface area contributed by atoms with E-state index in [0.717, 1.165) is 8.96 Å². The molecule has 0 aliphatic carbocycles. The summed E-state index contributed by atoms with van der Waals surface area (Å²) in [6.45, 7) is 5.03. The number of thioether (sulfide) groups is 1. The van der Waals surface area contributed by atoms with E-state index in [-0.39, 0.29) is 5.91 Å². The summed E-state index contributed by atoms with van der Waals surface area (Å²) in [6.07, 6.45) is 1.91. The van der Waals surface area contributed by atoms with Crippen LogP contribution in [0.1, 0.15) is 20.8 Å². The molecule has 0 spiro atoms. The molecule has 1 N–H and O–H groups in total. The number of pyridine rings is 1. The minimum atomic E-state index is -0.847. The molecule has 0 saturated carbocycles. The first-order chi connectivity index (χ1) is 11.8. The zero-order valence-corrected chi connectivity index (χ0v) is 18.0. The van der Waals surface area contributed by atoms with Gasteiger partial charge in [-0.05, 0) is 54.8 Å². The van der Waals surface area contributed by atoms with Crippen molar-refractivity contribution in [3.8, 4) is 17.7 Å². The Morgan fingerprint density at radius 1 is 1.52 bits per heavy atom. The predicted octanol–water partition coefficient (Wildman–Crippen LogP) is 4.48. The van der Waals surface area contributed by atoms with Crippen LogP contribution in [0, 0.1) is 15.4 Å². The van der Waals surface area contributed by atoms with Crippen LogP contribution in [-0.4, -0.2) is 28.1 Å². The Bertz CT molecular complexity index is 865. The maximum Gasteiger partial charge on any atom is 0.228 e. The number of amides is 1. The lowest BCUT2D eigenvalue weighted by Crippen LogP contribution is -2.53. The van der Waals surface area contributed by atoms with Crippen molar-refractivity contribution in [2.75, 3.05) is 6.26 Å². The summed E-state index contributed by atoms with van der Waals surface area (Å²) >= 11 is 9.89. The lowest BCUT2D eigenvalue weighted by atomic mass is 10.0. The van der Waals surface area contributed by atoms with Gasteiger partial charge in [-0.3, -0.25) is 4.79 Å². The molecule has 2 rings (SSSR count). The molecular weight excluding hydrogens is 471 g/mol. The van der Waals surface area contributed by atoms with Gasteiger partial charge in [-0.2, -0.15) is 0 Å². The van der Waals surface area contributed by atoms with E-state index in [9.17, 15) is 4.79 Å². The van der Waals surface area contributed by atoms with Gasteiger partial charge in [-0.25, -0.2) is 4.98 Å². The van der Waals surface area contributed by atoms with Crippen LogP contribution in [0.4, 0.5) is 0 Å². The molecule has 0 saturated heterocycles. The van der Waals surface area contributed by atoms with Gasteiger partial charge < -0.3 is 10.1 Å². The van der Waals surface area contributed by atoms with E-state index in [1.807, 2.05) is 31.4 Å². The SMILES string of the molecule is CC#CC(C)(NC(C)=O)C(Oc1nc2c(Cl)cccc2cc1I)SC. The first kappa shape index (κ1) is 20.1. The smallest absolute Gasteiger partial charge is 0.228 e. The van der Waals surface area contributed by atoms with Crippen molar-refractivity contribution in [1.29, 1.82) is 0 Å². The molecule has 7 heteroatoms. The van der Waals surface area contributed by atoms with Gasteiger partial charge in [-0.1, -0.05) is 29.7 Å². The molecule has 0 fully saturated rings. The normalized spacial score (nSPS) is 14.2. The minimum absolute atomic E-state index is 0.169. The maximum absolute atomic E-state index is 11.6. The highest BCUT2D eigenvalue weighted by atomic mass is 127. The standard InChI is InChI=1S/C18H18ClIN2O2S/c1-5-9-18(3,22-11(2)23)17(25-4)24-16-14(20)10-12-7-6-8-13(19)15(12)21-16/h6-8,10,17H,1-4H3,(H,22,23). The summed E-state index contributed by atoms with van der Waals surface area (Å²) in [6, 6.07) is 7.61. The van der Waals surface area contributed by atoms with E-state index < -0.39 is 11.0 Å². The number of rotatable bonds is 5. The molecular formula is C18H18ClIN2O2S. The number of carbonyl (C=O) groups is 1. The molecule has 2 unspecified atom stereocenters. The van der Waals surface area contributed by atoms with Crippen molar-refractivity contribution in [2.45, 2.75) is 31.7 Å². The van der Waals surface area contributed by atoms with E-state index in [1.54, 1.807) is 13.0 Å². The Balaban J connectivity index is 2.45. The zero-order chi connectivity index (χ0) is 18.6. The summed E-state index contributed by atoms with van der Waals surface area (Å²) < 4.78 is 7.01. The molecule has 0 radical (unpaired) electrons. The van der Waals surface area contributed by atoms with Gasteiger partial charge in [0.15, 0.2) is 5.44 Å². The third-order valence-electron chi connectivity index (χ3n) is 3.44. The van der Waals surface area contributed by atoms with Crippen LogP contribution in [-0.2, 0) is 4.79 Å². The minimum Gasteiger partial charge on any atom is -0.459 e. The van der Waals surface area contributed by atoms with Crippen molar-refractivity contribution in [3.63, 3.8) is 0 Å². The maximum atomic E-state index is 11.6. The predicted molar refractivity (Wildman–Crippen MR) is 113 cm³/mol. The second-order valence-corrected chi connectivity index (χ2v) is 8.00. The summed E-state index contributed by atoms with van der Waals surface area (Å²) in [5, 5.41) is 4.40. The molecule has 1 heterocycles. The summed E-state index contributed by atoms with van der Waals surface area (Å²) in [5.41, 5.74) is -0.604. The second-order valence-electron chi connectivity index (χ2n) is 5.53. The van der Waals surface area contributed by atoms with Crippen molar-refractivity contribution < 1.29 is 9.53 Å². The van der Waals surface area contributed by atoms with E-state index in [4.69, 9.17) is 16.3 Å². The van der Waals surface area contributed by atoms with Crippen molar-refractivity contribution in [2.24, 2.45) is 0 Å². The summed E-state index contributed by atoms with van der Waals surface area (Å²) in [7, 11) is 0. The summed E-state index contributed by atoms with van der Waals surface area (Å²) in [5.74, 6) is 6.21. The number of hydrogen-bond acceptors (Lipinski definition) is 4. The van der Waals surface area contributed by atoms with E-state index in [0.29, 0.717) is 16.4 Å². The number of carbonyl (C=O) groups excluding carboxylic acids is 1. The van der Waals surface area contributed by atoms with Crippen molar-refractivity contribution in [3.05, 3.63) is 32.9 Å².